The van der Waals surface area contributed by atoms with Crippen molar-refractivity contribution in [2.75, 3.05) is 6.54 Å². The van der Waals surface area contributed by atoms with Gasteiger partial charge in [0.1, 0.15) is 0 Å². The predicted molar refractivity (Wildman–Crippen MR) is 86.1 cm³/mol. The Morgan fingerprint density at radius 2 is 1.95 bits per heavy atom. The Kier molecular flexibility index (Phi) is 3.97. The SMILES string of the molecule is CC(C)=CCN1C(=O)[C@H]2C=CC(=O)C[C@H]2[C@@H]1c1ccccc1. The van der Waals surface area contributed by atoms with Crippen LogP contribution >= 0.6 is 0 Å². The first-order chi connectivity index (χ1) is 10.6. The normalized spacial score (nSPS) is 27.0. The van der Waals surface area contributed by atoms with Crippen LogP contribution in [0.4, 0.5) is 0 Å². The number of rotatable bonds is 3. The Morgan fingerprint density at radius 1 is 1.23 bits per heavy atom. The quantitative estimate of drug-likeness (QED) is 0.802. The lowest BCUT2D eigenvalue weighted by atomic mass is 9.80. The van der Waals surface area contributed by atoms with Gasteiger partial charge < -0.3 is 4.90 Å². The summed E-state index contributed by atoms with van der Waals surface area (Å²) < 4.78 is 0. The summed E-state index contributed by atoms with van der Waals surface area (Å²) in [6, 6.07) is 10.1. The molecule has 1 aromatic carbocycles. The number of allylic oxidation sites excluding steroid dienone is 2. The first kappa shape index (κ1) is 14.8. The summed E-state index contributed by atoms with van der Waals surface area (Å²) in [7, 11) is 0. The highest BCUT2D eigenvalue weighted by atomic mass is 16.2. The van der Waals surface area contributed by atoms with E-state index < -0.39 is 0 Å². The minimum atomic E-state index is -0.159. The van der Waals surface area contributed by atoms with E-state index in [1.54, 1.807) is 12.2 Å². The highest BCUT2D eigenvalue weighted by molar-refractivity contribution is 5.95. The molecule has 0 saturated carbocycles. The van der Waals surface area contributed by atoms with Crippen molar-refractivity contribution in [3.05, 3.63) is 59.7 Å². The Balaban J connectivity index is 2.00. The van der Waals surface area contributed by atoms with Crippen LogP contribution < -0.4 is 0 Å². The molecule has 0 aromatic heterocycles. The molecule has 0 N–H and O–H groups in total. The lowest BCUT2D eigenvalue weighted by molar-refractivity contribution is -0.130. The Labute approximate surface area is 131 Å². The summed E-state index contributed by atoms with van der Waals surface area (Å²) in [4.78, 5) is 26.5. The molecule has 1 heterocycles. The third-order valence-electron chi connectivity index (χ3n) is 4.53. The van der Waals surface area contributed by atoms with E-state index in [1.165, 1.54) is 5.57 Å². The summed E-state index contributed by atoms with van der Waals surface area (Å²) in [5.41, 5.74) is 2.31. The molecule has 0 radical (unpaired) electrons. The van der Waals surface area contributed by atoms with Gasteiger partial charge in [0.25, 0.3) is 0 Å². The van der Waals surface area contributed by atoms with Gasteiger partial charge in [-0.25, -0.2) is 0 Å². The molecule has 1 aliphatic heterocycles. The third kappa shape index (κ3) is 2.63. The molecular formula is C19H21NO2. The number of carbonyl (C=O) groups excluding carboxylic acids is 2. The molecule has 1 aromatic rings. The van der Waals surface area contributed by atoms with Gasteiger partial charge in [-0.05, 0) is 25.5 Å². The Morgan fingerprint density at radius 3 is 2.64 bits per heavy atom. The average molecular weight is 295 g/mol. The molecule has 1 aliphatic carbocycles. The zero-order valence-electron chi connectivity index (χ0n) is 13.0. The van der Waals surface area contributed by atoms with E-state index in [1.807, 2.05) is 36.9 Å². The van der Waals surface area contributed by atoms with E-state index in [9.17, 15) is 9.59 Å². The van der Waals surface area contributed by atoms with Crippen molar-refractivity contribution in [2.24, 2.45) is 11.8 Å². The highest BCUT2D eigenvalue weighted by Crippen LogP contribution is 2.45. The number of likely N-dealkylation sites (tertiary alicyclic amines) is 1. The fraction of sp³-hybridized carbons (Fsp3) is 0.368. The molecule has 1 saturated heterocycles. The topological polar surface area (TPSA) is 37.4 Å². The van der Waals surface area contributed by atoms with Gasteiger partial charge in [-0.2, -0.15) is 0 Å². The van der Waals surface area contributed by atoms with Crippen LogP contribution in [-0.2, 0) is 9.59 Å². The van der Waals surface area contributed by atoms with E-state index in [4.69, 9.17) is 0 Å². The fourth-order valence-electron chi connectivity index (χ4n) is 3.48. The molecule has 0 unspecified atom stereocenters. The minimum absolute atomic E-state index is 0.0109. The Bertz CT molecular complexity index is 641. The van der Waals surface area contributed by atoms with Crippen LogP contribution in [0.5, 0.6) is 0 Å². The second kappa shape index (κ2) is 5.91. The summed E-state index contributed by atoms with van der Waals surface area (Å²) in [6.07, 6.45) is 5.91. The van der Waals surface area contributed by atoms with E-state index in [0.29, 0.717) is 13.0 Å². The molecule has 3 atom stereocenters. The number of fused-ring (bicyclic) bond motifs is 1. The van der Waals surface area contributed by atoms with E-state index in [2.05, 4.69) is 18.2 Å². The van der Waals surface area contributed by atoms with Crippen molar-refractivity contribution in [2.45, 2.75) is 26.3 Å². The van der Waals surface area contributed by atoms with E-state index in [-0.39, 0.29) is 29.6 Å². The molecule has 114 valence electrons. The van der Waals surface area contributed by atoms with Crippen LogP contribution in [0.2, 0.25) is 0 Å². The second-order valence-corrected chi connectivity index (χ2v) is 6.35. The third-order valence-corrected chi connectivity index (χ3v) is 4.53. The molecule has 0 bridgehead atoms. The van der Waals surface area contributed by atoms with Crippen LogP contribution in [-0.4, -0.2) is 23.1 Å². The van der Waals surface area contributed by atoms with Gasteiger partial charge in [-0.3, -0.25) is 9.59 Å². The largest absolute Gasteiger partial charge is 0.331 e. The van der Waals surface area contributed by atoms with Gasteiger partial charge in [0.15, 0.2) is 5.78 Å². The van der Waals surface area contributed by atoms with Crippen molar-refractivity contribution < 1.29 is 9.59 Å². The molecule has 3 heteroatoms. The van der Waals surface area contributed by atoms with Crippen LogP contribution in [0.25, 0.3) is 0 Å². The van der Waals surface area contributed by atoms with Gasteiger partial charge in [0, 0.05) is 18.9 Å². The molecule has 3 rings (SSSR count). The monoisotopic (exact) mass is 295 g/mol. The van der Waals surface area contributed by atoms with Crippen molar-refractivity contribution >= 4 is 11.7 Å². The second-order valence-electron chi connectivity index (χ2n) is 6.35. The number of amides is 1. The highest BCUT2D eigenvalue weighted by Gasteiger charge is 2.48. The van der Waals surface area contributed by atoms with Crippen molar-refractivity contribution in [1.29, 1.82) is 0 Å². The van der Waals surface area contributed by atoms with E-state index in [0.717, 1.165) is 5.56 Å². The van der Waals surface area contributed by atoms with Gasteiger partial charge in [0.05, 0.1) is 12.0 Å². The van der Waals surface area contributed by atoms with Gasteiger partial charge in [0.2, 0.25) is 5.91 Å². The number of benzene rings is 1. The summed E-state index contributed by atoms with van der Waals surface area (Å²) >= 11 is 0. The van der Waals surface area contributed by atoms with Crippen molar-refractivity contribution in [1.82, 2.24) is 4.90 Å². The average Bonchev–Trinajstić information content (AvgIpc) is 2.78. The number of nitrogens with zero attached hydrogens (tertiary/aromatic N) is 1. The van der Waals surface area contributed by atoms with Crippen LogP contribution in [0, 0.1) is 11.8 Å². The standard InChI is InChI=1S/C19H21NO2/c1-13(2)10-11-20-18(14-6-4-3-5-7-14)17-12-15(21)8-9-16(17)19(20)22/h3-10,16-18H,11-12H2,1-2H3/t16-,17+,18-/m0/s1. The van der Waals surface area contributed by atoms with Crippen molar-refractivity contribution in [3.63, 3.8) is 0 Å². The molecule has 2 aliphatic rings. The first-order valence-corrected chi connectivity index (χ1v) is 7.78. The van der Waals surface area contributed by atoms with E-state index >= 15 is 0 Å². The van der Waals surface area contributed by atoms with Gasteiger partial charge in [-0.1, -0.05) is 48.1 Å². The van der Waals surface area contributed by atoms with Crippen LogP contribution in [0.1, 0.15) is 31.9 Å². The number of carbonyl (C=O) groups is 2. The summed E-state index contributed by atoms with van der Waals surface area (Å²) in [5.74, 6) is 0.158. The maximum atomic E-state index is 12.8. The first-order valence-electron chi connectivity index (χ1n) is 7.78. The predicted octanol–water partition coefficient (Wildman–Crippen LogP) is 3.30. The maximum Gasteiger partial charge on any atom is 0.230 e. The molecule has 0 spiro atoms. The zero-order chi connectivity index (χ0) is 15.7. The summed E-state index contributed by atoms with van der Waals surface area (Å²) in [5, 5.41) is 0. The minimum Gasteiger partial charge on any atom is -0.331 e. The van der Waals surface area contributed by atoms with Gasteiger partial charge >= 0.3 is 0 Å². The Hall–Kier alpha value is -2.16. The molecule has 1 amide bonds. The van der Waals surface area contributed by atoms with Gasteiger partial charge in [-0.15, -0.1) is 0 Å². The van der Waals surface area contributed by atoms with Crippen LogP contribution in [0.15, 0.2) is 54.1 Å². The number of ketones is 1. The smallest absolute Gasteiger partial charge is 0.230 e. The zero-order valence-corrected chi connectivity index (χ0v) is 13.0. The number of hydrogen-bond acceptors (Lipinski definition) is 2. The maximum absolute atomic E-state index is 12.8. The number of hydrogen-bond donors (Lipinski definition) is 0. The summed E-state index contributed by atoms with van der Waals surface area (Å²) in [6.45, 7) is 4.68. The molecule has 22 heavy (non-hydrogen) atoms. The molecule has 3 nitrogen and oxygen atoms in total. The molecule has 1 fully saturated rings. The van der Waals surface area contributed by atoms with Crippen LogP contribution in [0.3, 0.4) is 0 Å². The molecular weight excluding hydrogens is 274 g/mol. The fourth-order valence-corrected chi connectivity index (χ4v) is 3.48. The van der Waals surface area contributed by atoms with Crippen molar-refractivity contribution in [3.8, 4) is 0 Å². The lowest BCUT2D eigenvalue weighted by Crippen LogP contribution is -2.30. The lowest BCUT2D eigenvalue weighted by Gasteiger charge is -2.28.